The summed E-state index contributed by atoms with van der Waals surface area (Å²) in [6.07, 6.45) is 11.2. The van der Waals surface area contributed by atoms with E-state index in [-0.39, 0.29) is 6.04 Å². The first-order chi connectivity index (χ1) is 8.16. The molecule has 2 rings (SSSR count). The van der Waals surface area contributed by atoms with Crippen molar-refractivity contribution in [1.82, 2.24) is 4.98 Å². The third kappa shape index (κ3) is 2.89. The minimum absolute atomic E-state index is 0.270. The molecule has 0 spiro atoms. The van der Waals surface area contributed by atoms with E-state index in [4.69, 9.17) is 5.73 Å². The molecule has 3 heteroatoms. The van der Waals surface area contributed by atoms with Gasteiger partial charge in [-0.3, -0.25) is 4.98 Å². The Labute approximate surface area is 112 Å². The summed E-state index contributed by atoms with van der Waals surface area (Å²) in [6, 6.07) is 2.40. The maximum Gasteiger partial charge on any atom is 0.0410 e. The molecule has 1 saturated carbocycles. The lowest BCUT2D eigenvalue weighted by Crippen LogP contribution is -2.41. The highest BCUT2D eigenvalue weighted by Crippen LogP contribution is 2.43. The SMILES string of the molecule is CCC1(C(N)Cc2cncc(Br)c2)CCCC1. The van der Waals surface area contributed by atoms with Crippen LogP contribution in [0.2, 0.25) is 0 Å². The largest absolute Gasteiger partial charge is 0.327 e. The van der Waals surface area contributed by atoms with Crippen molar-refractivity contribution < 1.29 is 0 Å². The molecule has 2 nitrogen and oxygen atoms in total. The molecule has 1 aliphatic carbocycles. The van der Waals surface area contributed by atoms with Crippen LogP contribution in [0.1, 0.15) is 44.6 Å². The van der Waals surface area contributed by atoms with Gasteiger partial charge in [0.25, 0.3) is 0 Å². The van der Waals surface area contributed by atoms with Gasteiger partial charge in [-0.2, -0.15) is 0 Å². The number of pyridine rings is 1. The number of hydrogen-bond acceptors (Lipinski definition) is 2. The summed E-state index contributed by atoms with van der Waals surface area (Å²) in [7, 11) is 0. The second kappa shape index (κ2) is 5.49. The van der Waals surface area contributed by atoms with Crippen molar-refractivity contribution in [3.8, 4) is 0 Å². The van der Waals surface area contributed by atoms with E-state index in [1.807, 2.05) is 12.4 Å². The van der Waals surface area contributed by atoms with Crippen LogP contribution in [-0.4, -0.2) is 11.0 Å². The van der Waals surface area contributed by atoms with Gasteiger partial charge >= 0.3 is 0 Å². The van der Waals surface area contributed by atoms with E-state index < -0.39 is 0 Å². The number of aromatic nitrogens is 1. The number of nitrogens with zero attached hydrogens (tertiary/aromatic N) is 1. The number of hydrogen-bond donors (Lipinski definition) is 1. The van der Waals surface area contributed by atoms with Crippen molar-refractivity contribution in [3.05, 3.63) is 28.5 Å². The highest BCUT2D eigenvalue weighted by atomic mass is 79.9. The summed E-state index contributed by atoms with van der Waals surface area (Å²) < 4.78 is 1.04. The monoisotopic (exact) mass is 296 g/mol. The molecule has 1 aromatic rings. The Morgan fingerprint density at radius 1 is 1.41 bits per heavy atom. The fourth-order valence-corrected chi connectivity index (χ4v) is 3.52. The van der Waals surface area contributed by atoms with E-state index >= 15 is 0 Å². The Balaban J connectivity index is 2.07. The Hall–Kier alpha value is -0.410. The zero-order valence-corrected chi connectivity index (χ0v) is 12.0. The van der Waals surface area contributed by atoms with Crippen molar-refractivity contribution in [2.45, 2.75) is 51.5 Å². The van der Waals surface area contributed by atoms with Gasteiger partial charge < -0.3 is 5.73 Å². The predicted molar refractivity (Wildman–Crippen MR) is 74.8 cm³/mol. The molecule has 1 atom stereocenters. The average Bonchev–Trinajstić information content (AvgIpc) is 2.78. The molecule has 1 aromatic heterocycles. The minimum atomic E-state index is 0.270. The van der Waals surface area contributed by atoms with Crippen LogP contribution in [-0.2, 0) is 6.42 Å². The molecule has 0 bridgehead atoms. The Morgan fingerprint density at radius 3 is 2.71 bits per heavy atom. The van der Waals surface area contributed by atoms with Gasteiger partial charge in [0.1, 0.15) is 0 Å². The molecule has 0 radical (unpaired) electrons. The topological polar surface area (TPSA) is 38.9 Å². The summed E-state index contributed by atoms with van der Waals surface area (Å²) in [5.41, 5.74) is 8.08. The fourth-order valence-electron chi connectivity index (χ4n) is 3.10. The minimum Gasteiger partial charge on any atom is -0.327 e. The molecule has 1 unspecified atom stereocenters. The van der Waals surface area contributed by atoms with Crippen LogP contribution in [0.5, 0.6) is 0 Å². The Morgan fingerprint density at radius 2 is 2.12 bits per heavy atom. The molecule has 2 N–H and O–H groups in total. The van der Waals surface area contributed by atoms with Crippen LogP contribution >= 0.6 is 15.9 Å². The first kappa shape index (κ1) is 13.0. The van der Waals surface area contributed by atoms with Crippen LogP contribution in [0.25, 0.3) is 0 Å². The molecule has 1 fully saturated rings. The summed E-state index contributed by atoms with van der Waals surface area (Å²) in [4.78, 5) is 4.21. The smallest absolute Gasteiger partial charge is 0.0410 e. The van der Waals surface area contributed by atoms with Crippen molar-refractivity contribution >= 4 is 15.9 Å². The van der Waals surface area contributed by atoms with Crippen LogP contribution in [0, 0.1) is 5.41 Å². The molecule has 0 saturated heterocycles. The number of nitrogens with two attached hydrogens (primary N) is 1. The first-order valence-electron chi connectivity index (χ1n) is 6.51. The molecule has 17 heavy (non-hydrogen) atoms. The van der Waals surface area contributed by atoms with Crippen LogP contribution in [0.4, 0.5) is 0 Å². The maximum absolute atomic E-state index is 6.46. The molecular weight excluding hydrogens is 276 g/mol. The third-order valence-electron chi connectivity index (χ3n) is 4.31. The zero-order valence-electron chi connectivity index (χ0n) is 10.5. The summed E-state index contributed by atoms with van der Waals surface area (Å²) in [5, 5.41) is 0. The molecule has 1 aliphatic rings. The van der Waals surface area contributed by atoms with E-state index in [9.17, 15) is 0 Å². The van der Waals surface area contributed by atoms with Crippen LogP contribution < -0.4 is 5.73 Å². The normalized spacial score (nSPS) is 20.4. The van der Waals surface area contributed by atoms with Gasteiger partial charge in [-0.05, 0) is 58.7 Å². The second-order valence-electron chi connectivity index (χ2n) is 5.25. The lowest BCUT2D eigenvalue weighted by Gasteiger charge is -2.34. The first-order valence-corrected chi connectivity index (χ1v) is 7.30. The molecule has 0 aliphatic heterocycles. The van der Waals surface area contributed by atoms with E-state index in [1.165, 1.54) is 37.7 Å². The molecule has 0 aromatic carbocycles. The van der Waals surface area contributed by atoms with Gasteiger partial charge in [-0.15, -0.1) is 0 Å². The van der Waals surface area contributed by atoms with Gasteiger partial charge in [0.05, 0.1) is 0 Å². The van der Waals surface area contributed by atoms with E-state index in [0.29, 0.717) is 5.41 Å². The second-order valence-corrected chi connectivity index (χ2v) is 6.16. The molecule has 0 amide bonds. The van der Waals surface area contributed by atoms with Crippen LogP contribution in [0.15, 0.2) is 22.9 Å². The van der Waals surface area contributed by atoms with Gasteiger partial charge in [0, 0.05) is 22.9 Å². The van der Waals surface area contributed by atoms with Crippen molar-refractivity contribution in [1.29, 1.82) is 0 Å². The summed E-state index contributed by atoms with van der Waals surface area (Å²) in [6.45, 7) is 2.28. The number of halogens is 1. The van der Waals surface area contributed by atoms with E-state index in [1.54, 1.807) is 0 Å². The molecular formula is C14H21BrN2. The van der Waals surface area contributed by atoms with Gasteiger partial charge in [-0.25, -0.2) is 0 Å². The van der Waals surface area contributed by atoms with Gasteiger partial charge in [0.2, 0.25) is 0 Å². The quantitative estimate of drug-likeness (QED) is 0.920. The fraction of sp³-hybridized carbons (Fsp3) is 0.643. The highest BCUT2D eigenvalue weighted by molar-refractivity contribution is 9.10. The van der Waals surface area contributed by atoms with Gasteiger partial charge in [0.15, 0.2) is 0 Å². The van der Waals surface area contributed by atoms with Crippen LogP contribution in [0.3, 0.4) is 0 Å². The summed E-state index contributed by atoms with van der Waals surface area (Å²) >= 11 is 3.46. The number of rotatable bonds is 4. The Kier molecular flexibility index (Phi) is 4.21. The molecule has 1 heterocycles. The zero-order chi connectivity index (χ0) is 12.3. The highest BCUT2D eigenvalue weighted by Gasteiger charge is 2.37. The van der Waals surface area contributed by atoms with E-state index in [0.717, 1.165) is 10.9 Å². The summed E-state index contributed by atoms with van der Waals surface area (Å²) in [5.74, 6) is 0. The lowest BCUT2D eigenvalue weighted by molar-refractivity contribution is 0.218. The average molecular weight is 297 g/mol. The van der Waals surface area contributed by atoms with E-state index in [2.05, 4.69) is 33.9 Å². The molecule has 94 valence electrons. The van der Waals surface area contributed by atoms with Crippen molar-refractivity contribution in [2.24, 2.45) is 11.1 Å². The predicted octanol–water partition coefficient (Wildman–Crippen LogP) is 3.68. The lowest BCUT2D eigenvalue weighted by atomic mass is 9.74. The van der Waals surface area contributed by atoms with Crippen molar-refractivity contribution in [3.63, 3.8) is 0 Å². The standard InChI is InChI=1S/C14H21BrN2/c1-2-14(5-3-4-6-14)13(16)8-11-7-12(15)10-17-9-11/h7,9-10,13H,2-6,8,16H2,1H3. The van der Waals surface area contributed by atoms with Gasteiger partial charge in [-0.1, -0.05) is 19.8 Å². The third-order valence-corrected chi connectivity index (χ3v) is 4.74. The van der Waals surface area contributed by atoms with Crippen molar-refractivity contribution in [2.75, 3.05) is 0 Å². The maximum atomic E-state index is 6.46. The Bertz CT molecular complexity index is 372.